The summed E-state index contributed by atoms with van der Waals surface area (Å²) in [5, 5.41) is 2.69. The summed E-state index contributed by atoms with van der Waals surface area (Å²) in [7, 11) is 0. The largest absolute Gasteiger partial charge is 0.362 e. The Labute approximate surface area is 256 Å². The van der Waals surface area contributed by atoms with Crippen molar-refractivity contribution in [2.45, 2.75) is 58.9 Å². The van der Waals surface area contributed by atoms with Crippen molar-refractivity contribution in [2.75, 3.05) is 6.54 Å². The van der Waals surface area contributed by atoms with Gasteiger partial charge in [0.15, 0.2) is 0 Å². The molecular formula is C42H41N. The summed E-state index contributed by atoms with van der Waals surface area (Å²) in [4.78, 5) is 2.52. The van der Waals surface area contributed by atoms with Gasteiger partial charge in [-0.3, -0.25) is 0 Å². The van der Waals surface area contributed by atoms with Gasteiger partial charge >= 0.3 is 0 Å². The van der Waals surface area contributed by atoms with Crippen LogP contribution in [-0.2, 0) is 17.4 Å². The summed E-state index contributed by atoms with van der Waals surface area (Å²) in [6, 6.07) is 41.4. The van der Waals surface area contributed by atoms with Crippen LogP contribution in [0, 0.1) is 0 Å². The minimum atomic E-state index is 0.131. The molecule has 2 aliphatic rings. The molecule has 5 aromatic rings. The summed E-state index contributed by atoms with van der Waals surface area (Å²) in [5.41, 5.74) is 14.7. The molecular weight excluding hydrogens is 518 g/mol. The smallest absolute Gasteiger partial charge is 0.0528 e. The van der Waals surface area contributed by atoms with Gasteiger partial charge in [-0.2, -0.15) is 0 Å². The van der Waals surface area contributed by atoms with Crippen LogP contribution in [0.5, 0.6) is 0 Å². The van der Waals surface area contributed by atoms with Crippen LogP contribution in [0.25, 0.3) is 45.2 Å². The maximum Gasteiger partial charge on any atom is 0.0528 e. The van der Waals surface area contributed by atoms with Crippen LogP contribution in [0.2, 0.25) is 0 Å². The van der Waals surface area contributed by atoms with Crippen molar-refractivity contribution >= 4 is 11.8 Å². The normalized spacial score (nSPS) is 14.2. The SMILES string of the molecule is CC(C)(C)c1ccc(-c2cc(-c3ccc(C(C)(C)C)cc3)cc(-c3ccc4c(c3)C3=c5ccccc5=CCN3C4)c2)cc1. The molecule has 0 radical (unpaired) electrons. The maximum atomic E-state index is 2.52. The number of fused-ring (bicyclic) bond motifs is 4. The summed E-state index contributed by atoms with van der Waals surface area (Å²) in [6.07, 6.45) is 2.36. The van der Waals surface area contributed by atoms with Crippen LogP contribution in [-0.4, -0.2) is 11.4 Å². The van der Waals surface area contributed by atoms with E-state index in [4.69, 9.17) is 0 Å². The average molecular weight is 560 g/mol. The second-order valence-corrected chi connectivity index (χ2v) is 14.3. The zero-order valence-electron chi connectivity index (χ0n) is 26.3. The monoisotopic (exact) mass is 559 g/mol. The van der Waals surface area contributed by atoms with Gasteiger partial charge in [0.25, 0.3) is 0 Å². The number of nitrogens with zero attached hydrogens (tertiary/aromatic N) is 1. The van der Waals surface area contributed by atoms with E-state index in [9.17, 15) is 0 Å². The fraction of sp³-hybridized carbons (Fsp3) is 0.238. The number of hydrogen-bond acceptors (Lipinski definition) is 1. The molecule has 0 unspecified atom stereocenters. The highest BCUT2D eigenvalue weighted by Crippen LogP contribution is 2.38. The Morgan fingerprint density at radius 3 is 1.58 bits per heavy atom. The Morgan fingerprint density at radius 2 is 1.02 bits per heavy atom. The molecule has 0 bridgehead atoms. The molecule has 1 heteroatoms. The van der Waals surface area contributed by atoms with Crippen molar-refractivity contribution in [1.29, 1.82) is 0 Å². The van der Waals surface area contributed by atoms with Gasteiger partial charge in [0.2, 0.25) is 0 Å². The lowest BCUT2D eigenvalue weighted by Crippen LogP contribution is -2.37. The van der Waals surface area contributed by atoms with E-state index >= 15 is 0 Å². The fourth-order valence-corrected chi connectivity index (χ4v) is 6.59. The van der Waals surface area contributed by atoms with Gasteiger partial charge < -0.3 is 4.90 Å². The van der Waals surface area contributed by atoms with Gasteiger partial charge in [-0.15, -0.1) is 0 Å². The number of rotatable bonds is 3. The molecule has 0 amide bonds. The van der Waals surface area contributed by atoms with Crippen molar-refractivity contribution in [1.82, 2.24) is 4.90 Å². The Balaban J connectivity index is 1.38. The van der Waals surface area contributed by atoms with Crippen LogP contribution in [0.1, 0.15) is 63.8 Å². The molecule has 0 fully saturated rings. The first-order chi connectivity index (χ1) is 20.5. The third kappa shape index (κ3) is 5.12. The zero-order chi connectivity index (χ0) is 29.9. The topological polar surface area (TPSA) is 3.24 Å². The van der Waals surface area contributed by atoms with Crippen LogP contribution in [0.3, 0.4) is 0 Å². The molecule has 1 nitrogen and oxygen atoms in total. The highest BCUT2D eigenvalue weighted by molar-refractivity contribution is 5.84. The minimum absolute atomic E-state index is 0.131. The van der Waals surface area contributed by atoms with Crippen LogP contribution >= 0.6 is 0 Å². The Bertz CT molecular complexity index is 1880. The standard InChI is InChI=1S/C42H41N/c1-41(2,3)36-17-13-28(14-18-36)33-23-34(29-15-19-37(20-16-29)42(4,5)6)25-35(24-33)31-11-12-32-27-43-22-21-30-9-7-8-10-38(30)40(43)39(32)26-31/h7-21,23-26H,22,27H2,1-6H3. The molecule has 0 saturated heterocycles. The molecule has 2 heterocycles. The van der Waals surface area contributed by atoms with Crippen molar-refractivity contribution in [3.05, 3.63) is 142 Å². The molecule has 7 rings (SSSR count). The molecule has 0 saturated carbocycles. The van der Waals surface area contributed by atoms with Gasteiger partial charge in [-0.05, 0) is 90.4 Å². The Morgan fingerprint density at radius 1 is 0.512 bits per heavy atom. The van der Waals surface area contributed by atoms with Gasteiger partial charge in [-0.25, -0.2) is 0 Å². The molecule has 43 heavy (non-hydrogen) atoms. The van der Waals surface area contributed by atoms with E-state index in [0.717, 1.165) is 13.1 Å². The van der Waals surface area contributed by atoms with E-state index in [1.807, 2.05) is 0 Å². The molecule has 0 N–H and O–H groups in total. The fourth-order valence-electron chi connectivity index (χ4n) is 6.59. The Kier molecular flexibility index (Phi) is 6.47. The van der Waals surface area contributed by atoms with E-state index in [1.165, 1.54) is 71.8 Å². The second kappa shape index (κ2) is 10.1. The number of hydrogen-bond donors (Lipinski definition) is 0. The van der Waals surface area contributed by atoms with E-state index in [-0.39, 0.29) is 10.8 Å². The van der Waals surface area contributed by atoms with Gasteiger partial charge in [0.05, 0.1) is 5.70 Å². The summed E-state index contributed by atoms with van der Waals surface area (Å²) < 4.78 is 0. The lowest BCUT2D eigenvalue weighted by atomic mass is 9.85. The minimum Gasteiger partial charge on any atom is -0.362 e. The van der Waals surface area contributed by atoms with Crippen LogP contribution in [0.15, 0.2) is 109 Å². The quantitative estimate of drug-likeness (QED) is 0.213. The molecule has 2 aliphatic heterocycles. The van der Waals surface area contributed by atoms with Gasteiger partial charge in [0, 0.05) is 23.9 Å². The van der Waals surface area contributed by atoms with E-state index in [0.29, 0.717) is 0 Å². The highest BCUT2D eigenvalue weighted by Gasteiger charge is 2.26. The molecule has 214 valence electrons. The van der Waals surface area contributed by atoms with Crippen molar-refractivity contribution in [3.63, 3.8) is 0 Å². The zero-order valence-corrected chi connectivity index (χ0v) is 26.3. The van der Waals surface area contributed by atoms with Gasteiger partial charge in [0.1, 0.15) is 0 Å². The lowest BCUT2D eigenvalue weighted by Gasteiger charge is -2.22. The predicted octanol–water partition coefficient (Wildman–Crippen LogP) is 9.05. The number of benzene rings is 5. The third-order valence-electron chi connectivity index (χ3n) is 9.22. The molecule has 0 aliphatic carbocycles. The molecule has 5 aromatic carbocycles. The van der Waals surface area contributed by atoms with E-state index in [2.05, 4.69) is 162 Å². The first kappa shape index (κ1) is 27.5. The molecule has 0 atom stereocenters. The first-order valence-electron chi connectivity index (χ1n) is 15.6. The summed E-state index contributed by atoms with van der Waals surface area (Å²) >= 11 is 0. The molecule has 0 spiro atoms. The van der Waals surface area contributed by atoms with Crippen LogP contribution < -0.4 is 10.4 Å². The lowest BCUT2D eigenvalue weighted by molar-refractivity contribution is 0.459. The Hall–Kier alpha value is -4.36. The molecule has 0 aromatic heterocycles. The summed E-state index contributed by atoms with van der Waals surface area (Å²) in [6.45, 7) is 15.6. The van der Waals surface area contributed by atoms with E-state index < -0.39 is 0 Å². The average Bonchev–Trinajstić information content (AvgIpc) is 3.39. The maximum absolute atomic E-state index is 2.52. The third-order valence-corrected chi connectivity index (χ3v) is 9.22. The van der Waals surface area contributed by atoms with Crippen molar-refractivity contribution in [2.24, 2.45) is 0 Å². The first-order valence-corrected chi connectivity index (χ1v) is 15.6. The second-order valence-electron chi connectivity index (χ2n) is 14.3. The van der Waals surface area contributed by atoms with Crippen molar-refractivity contribution < 1.29 is 0 Å². The van der Waals surface area contributed by atoms with Gasteiger partial charge in [-0.1, -0.05) is 133 Å². The predicted molar refractivity (Wildman–Crippen MR) is 183 cm³/mol. The van der Waals surface area contributed by atoms with Crippen molar-refractivity contribution in [3.8, 4) is 33.4 Å². The highest BCUT2D eigenvalue weighted by atomic mass is 15.2. The van der Waals surface area contributed by atoms with E-state index in [1.54, 1.807) is 0 Å². The van der Waals surface area contributed by atoms with Crippen LogP contribution in [0.4, 0.5) is 0 Å². The summed E-state index contributed by atoms with van der Waals surface area (Å²) in [5.74, 6) is 0.